The third kappa shape index (κ3) is 6.07. The fraction of sp³-hybridized carbons (Fsp3) is 0.559. The molecular weight excluding hydrogens is 584 g/mol. The quantitative estimate of drug-likeness (QED) is 0.395. The molecule has 0 unspecified atom stereocenters. The van der Waals surface area contributed by atoms with Crippen LogP contribution < -0.4 is 14.4 Å². The molecule has 232 valence electrons. The van der Waals surface area contributed by atoms with Gasteiger partial charge in [0.25, 0.3) is 5.91 Å². The maximum atomic E-state index is 13.4. The molecule has 9 heteroatoms. The molecule has 0 radical (unpaired) electrons. The van der Waals surface area contributed by atoms with E-state index in [0.29, 0.717) is 49.9 Å². The number of ether oxygens (including phenoxy) is 2. The molecular formula is C34H43ClN2O5S. The topological polar surface area (TPSA) is 84.9 Å². The van der Waals surface area contributed by atoms with Gasteiger partial charge in [0.15, 0.2) is 0 Å². The van der Waals surface area contributed by atoms with Gasteiger partial charge in [0, 0.05) is 35.7 Å². The zero-order chi connectivity index (χ0) is 30.2. The first-order chi connectivity index (χ1) is 20.7. The number of sulfonamides is 1. The monoisotopic (exact) mass is 626 g/mol. The lowest BCUT2D eigenvalue weighted by atomic mass is 9.68. The molecule has 2 aliphatic carbocycles. The molecule has 1 fully saturated rings. The lowest BCUT2D eigenvalue weighted by molar-refractivity contribution is -0.00861. The second-order valence-electron chi connectivity index (χ2n) is 12.7. The molecule has 2 bridgehead atoms. The van der Waals surface area contributed by atoms with Crippen LogP contribution in [0.5, 0.6) is 5.75 Å². The molecule has 2 aliphatic heterocycles. The highest BCUT2D eigenvalue weighted by molar-refractivity contribution is 7.90. The number of hydrogen-bond acceptors (Lipinski definition) is 6. The number of benzene rings is 2. The van der Waals surface area contributed by atoms with E-state index in [1.807, 2.05) is 32.0 Å². The molecule has 1 spiro atoms. The van der Waals surface area contributed by atoms with Gasteiger partial charge in [0.1, 0.15) is 5.75 Å². The number of hydrogen-bond donors (Lipinski definition) is 1. The van der Waals surface area contributed by atoms with Crippen molar-refractivity contribution in [2.45, 2.75) is 82.0 Å². The van der Waals surface area contributed by atoms with Gasteiger partial charge in [0.05, 0.1) is 23.6 Å². The molecule has 1 N–H and O–H groups in total. The number of fused-ring (bicyclic) bond motifs is 4. The first-order valence-electron chi connectivity index (χ1n) is 15.9. The lowest BCUT2D eigenvalue weighted by Gasteiger charge is -2.46. The number of amides is 1. The third-order valence-corrected chi connectivity index (χ3v) is 12.3. The maximum absolute atomic E-state index is 13.4. The Bertz CT molecular complexity index is 1490. The Kier molecular flexibility index (Phi) is 8.82. The van der Waals surface area contributed by atoms with Crippen LogP contribution in [0.4, 0.5) is 5.69 Å². The molecule has 7 nitrogen and oxygen atoms in total. The van der Waals surface area contributed by atoms with Crippen molar-refractivity contribution >= 4 is 33.2 Å². The summed E-state index contributed by atoms with van der Waals surface area (Å²) in [6.07, 6.45) is 10.9. The van der Waals surface area contributed by atoms with Crippen molar-refractivity contribution in [2.75, 3.05) is 31.2 Å². The average molecular weight is 627 g/mol. The minimum Gasteiger partial charge on any atom is -0.490 e. The summed E-state index contributed by atoms with van der Waals surface area (Å²) in [5.41, 5.74) is 3.51. The van der Waals surface area contributed by atoms with Crippen LogP contribution in [0.1, 0.15) is 80.3 Å². The van der Waals surface area contributed by atoms with E-state index in [4.69, 9.17) is 21.1 Å². The number of allylic oxidation sites excluding steroid dienone is 1. The summed E-state index contributed by atoms with van der Waals surface area (Å²) in [5, 5.41) is 0.0956. The van der Waals surface area contributed by atoms with Crippen LogP contribution in [0.25, 0.3) is 0 Å². The highest BCUT2D eigenvalue weighted by Crippen LogP contribution is 2.47. The summed E-state index contributed by atoms with van der Waals surface area (Å²) in [7, 11) is -3.85. The number of halogens is 1. The van der Waals surface area contributed by atoms with E-state index in [0.717, 1.165) is 61.7 Å². The fourth-order valence-corrected chi connectivity index (χ4v) is 9.29. The summed E-state index contributed by atoms with van der Waals surface area (Å²) >= 11 is 6.42. The van der Waals surface area contributed by atoms with Crippen molar-refractivity contribution in [1.82, 2.24) is 4.72 Å². The van der Waals surface area contributed by atoms with Crippen LogP contribution in [-0.2, 0) is 26.6 Å². The zero-order valence-corrected chi connectivity index (χ0v) is 26.8. The van der Waals surface area contributed by atoms with Crippen molar-refractivity contribution in [1.29, 1.82) is 0 Å². The van der Waals surface area contributed by atoms with Crippen LogP contribution in [0, 0.1) is 11.8 Å². The number of nitrogens with zero attached hydrogens (tertiary/aromatic N) is 1. The Morgan fingerprint density at radius 1 is 1.14 bits per heavy atom. The van der Waals surface area contributed by atoms with Crippen molar-refractivity contribution < 1.29 is 22.7 Å². The minimum absolute atomic E-state index is 0.00594. The summed E-state index contributed by atoms with van der Waals surface area (Å²) < 4.78 is 41.8. The number of aryl methyl sites for hydroxylation is 1. The van der Waals surface area contributed by atoms with Crippen molar-refractivity contribution in [2.24, 2.45) is 11.8 Å². The van der Waals surface area contributed by atoms with Crippen molar-refractivity contribution in [3.05, 3.63) is 70.3 Å². The lowest BCUT2D eigenvalue weighted by Crippen LogP contribution is -2.49. The molecule has 2 aromatic carbocycles. The number of carbonyl (C=O) groups is 1. The van der Waals surface area contributed by atoms with Gasteiger partial charge in [-0.3, -0.25) is 4.79 Å². The summed E-state index contributed by atoms with van der Waals surface area (Å²) in [4.78, 5) is 15.8. The Labute approximate surface area is 261 Å². The van der Waals surface area contributed by atoms with Crippen molar-refractivity contribution in [3.8, 4) is 5.75 Å². The molecule has 43 heavy (non-hydrogen) atoms. The van der Waals surface area contributed by atoms with Gasteiger partial charge < -0.3 is 14.4 Å². The highest BCUT2D eigenvalue weighted by atomic mass is 35.5. The largest absolute Gasteiger partial charge is 0.490 e. The molecule has 1 amide bonds. The van der Waals surface area contributed by atoms with Gasteiger partial charge in [-0.1, -0.05) is 36.7 Å². The smallest absolute Gasteiger partial charge is 0.264 e. The summed E-state index contributed by atoms with van der Waals surface area (Å²) in [6, 6.07) is 11.6. The zero-order valence-electron chi connectivity index (χ0n) is 25.2. The van der Waals surface area contributed by atoms with Gasteiger partial charge in [-0.2, -0.15) is 0 Å². The number of carbonyl (C=O) groups excluding carboxylic acids is 1. The highest BCUT2D eigenvalue weighted by Gasteiger charge is 2.44. The first-order valence-corrected chi connectivity index (χ1v) is 17.8. The van der Waals surface area contributed by atoms with E-state index >= 15 is 0 Å². The van der Waals surface area contributed by atoms with E-state index < -0.39 is 21.2 Å². The molecule has 6 rings (SSSR count). The predicted molar refractivity (Wildman–Crippen MR) is 171 cm³/mol. The fourth-order valence-electron chi connectivity index (χ4n) is 7.67. The van der Waals surface area contributed by atoms with Crippen molar-refractivity contribution in [3.63, 3.8) is 0 Å². The maximum Gasteiger partial charge on any atom is 0.264 e. The first kappa shape index (κ1) is 30.5. The molecule has 1 saturated carbocycles. The second kappa shape index (κ2) is 12.4. The number of rotatable bonds is 3. The van der Waals surface area contributed by atoms with E-state index in [2.05, 4.69) is 33.9 Å². The molecule has 4 aliphatic rings. The minimum atomic E-state index is -3.85. The predicted octanol–water partition coefficient (Wildman–Crippen LogP) is 6.43. The van der Waals surface area contributed by atoms with E-state index in [1.165, 1.54) is 11.1 Å². The van der Waals surface area contributed by atoms with Gasteiger partial charge in [-0.25, -0.2) is 13.1 Å². The van der Waals surface area contributed by atoms with E-state index in [9.17, 15) is 13.2 Å². The third-order valence-electron chi connectivity index (χ3n) is 10.1. The van der Waals surface area contributed by atoms with Crippen LogP contribution in [-0.4, -0.2) is 52.0 Å². The SMILES string of the molecule is CCO[C@H]1/C=C/CC[C@@H](CC)S(=O)(=O)NC(=O)c2ccc3c(c2)N(C[C@@H]2CC[C@H]21)C[C@@]1(CCCc2cc(Cl)ccc21)CO3. The molecule has 5 atom stereocenters. The van der Waals surface area contributed by atoms with E-state index in [1.54, 1.807) is 6.07 Å². The van der Waals surface area contributed by atoms with Crippen LogP contribution in [0.15, 0.2) is 48.6 Å². The average Bonchev–Trinajstić information content (AvgIpc) is 3.11. The summed E-state index contributed by atoms with van der Waals surface area (Å²) in [5.74, 6) is 0.925. The Hall–Kier alpha value is -2.55. The van der Waals surface area contributed by atoms with E-state index in [-0.39, 0.29) is 11.5 Å². The molecule has 2 heterocycles. The second-order valence-corrected chi connectivity index (χ2v) is 15.1. The van der Waals surface area contributed by atoms with Gasteiger partial charge in [-0.05, 0) is 112 Å². The van der Waals surface area contributed by atoms with Gasteiger partial charge in [0.2, 0.25) is 10.0 Å². The number of anilines is 1. The standard InChI is InChI=1S/C34H43ClN2O5S/c1-3-27-9-5-6-10-31(41-4-2)28-14-11-25(28)20-37-21-34(17-7-8-23-18-26(35)13-15-29(23)34)22-42-32-16-12-24(19-30(32)37)33(38)36-43(27,39)40/h6,10,12-13,15-16,18-19,25,27-28,31H,3-5,7-9,11,14,17,20-22H2,1-2H3,(H,36,38)/b10-6+/t25-,27+,28+,31-,34-/m0/s1. The normalized spacial score (nSPS) is 31.0. The Morgan fingerprint density at radius 2 is 2.00 bits per heavy atom. The molecule has 0 saturated heterocycles. The molecule has 2 aromatic rings. The Morgan fingerprint density at radius 3 is 2.77 bits per heavy atom. The molecule has 0 aromatic heterocycles. The van der Waals surface area contributed by atoms with Crippen LogP contribution in [0.3, 0.4) is 0 Å². The Balaban J connectivity index is 1.42. The van der Waals surface area contributed by atoms with Gasteiger partial charge in [-0.15, -0.1) is 0 Å². The van der Waals surface area contributed by atoms with Crippen LogP contribution in [0.2, 0.25) is 5.02 Å². The van der Waals surface area contributed by atoms with Crippen LogP contribution >= 0.6 is 11.6 Å². The van der Waals surface area contributed by atoms with Gasteiger partial charge >= 0.3 is 0 Å². The number of nitrogens with one attached hydrogen (secondary N) is 1. The summed E-state index contributed by atoms with van der Waals surface area (Å²) in [6.45, 7) is 6.59.